The van der Waals surface area contributed by atoms with Gasteiger partial charge < -0.3 is 24.3 Å². The minimum Gasteiger partial charge on any atom is -0.504 e. The third kappa shape index (κ3) is 5.07. The maximum absolute atomic E-state index is 12.9. The molecule has 2 heterocycles. The molecule has 0 aliphatic carbocycles. The number of hydrogen-bond donors (Lipinski definition) is 3. The van der Waals surface area contributed by atoms with Crippen molar-refractivity contribution < 1.29 is 19.7 Å². The first-order valence-corrected chi connectivity index (χ1v) is 10.3. The number of hydrazone groups is 1. The third-order valence-corrected chi connectivity index (χ3v) is 4.95. The summed E-state index contributed by atoms with van der Waals surface area (Å²) in [6.07, 6.45) is 0.469. The summed E-state index contributed by atoms with van der Waals surface area (Å²) in [6.45, 7) is 3.75. The van der Waals surface area contributed by atoms with Gasteiger partial charge in [-0.2, -0.15) is 10.1 Å². The van der Waals surface area contributed by atoms with Crippen molar-refractivity contribution in [1.29, 1.82) is 0 Å². The first-order chi connectivity index (χ1) is 15.6. The Morgan fingerprint density at radius 2 is 1.97 bits per heavy atom. The van der Waals surface area contributed by atoms with E-state index in [1.54, 1.807) is 12.1 Å². The molecular formula is C21H28N6O6. The Bertz CT molecular complexity index is 1290. The number of imidazole rings is 1. The van der Waals surface area contributed by atoms with Crippen LogP contribution in [0.2, 0.25) is 0 Å². The molecule has 0 aliphatic rings. The molecule has 2 aromatic heterocycles. The van der Waals surface area contributed by atoms with E-state index >= 15 is 0 Å². The lowest BCUT2D eigenvalue weighted by molar-refractivity contribution is -0.000109. The quantitative estimate of drug-likeness (QED) is 0.307. The van der Waals surface area contributed by atoms with Crippen LogP contribution < -0.4 is 21.4 Å². The molecule has 0 spiro atoms. The van der Waals surface area contributed by atoms with Gasteiger partial charge in [-0.15, -0.1) is 0 Å². The number of aliphatic hydroxyl groups is 1. The monoisotopic (exact) mass is 460 g/mol. The van der Waals surface area contributed by atoms with E-state index in [9.17, 15) is 19.8 Å². The van der Waals surface area contributed by atoms with E-state index < -0.39 is 17.4 Å². The standard InChI is InChI=1S/C21H28N6O6/c1-12(2)33-11-14(28)10-27-17-18(25(3)21(31)26(4)19(17)30)23-20(27)24-22-9-13-6-7-15(29)16(8-13)32-5/h6-9,12,14,28-29H,10-11H2,1-5H3,(H,23,24)/b22-9-/t14-/m1/s1. The molecule has 3 rings (SSSR count). The van der Waals surface area contributed by atoms with Gasteiger partial charge in [-0.05, 0) is 37.6 Å². The molecule has 3 aromatic rings. The zero-order valence-corrected chi connectivity index (χ0v) is 19.1. The highest BCUT2D eigenvalue weighted by Gasteiger charge is 2.21. The summed E-state index contributed by atoms with van der Waals surface area (Å²) in [6, 6.07) is 4.70. The number of phenols is 1. The van der Waals surface area contributed by atoms with Gasteiger partial charge in [0.15, 0.2) is 22.7 Å². The van der Waals surface area contributed by atoms with E-state index in [0.29, 0.717) is 5.56 Å². The molecule has 12 nitrogen and oxygen atoms in total. The van der Waals surface area contributed by atoms with Crippen LogP contribution in [-0.4, -0.2) is 61.0 Å². The highest BCUT2D eigenvalue weighted by atomic mass is 16.5. The molecular weight excluding hydrogens is 432 g/mol. The SMILES string of the molecule is COc1cc(/C=N\Nc2nc3c(c(=O)n(C)c(=O)n3C)n2C[C@@H](O)COC(C)C)ccc1O. The Labute approximate surface area is 189 Å². The molecule has 0 amide bonds. The number of aliphatic hydroxyl groups excluding tert-OH is 1. The fourth-order valence-electron chi connectivity index (χ4n) is 3.22. The number of aromatic nitrogens is 4. The second-order valence-corrected chi connectivity index (χ2v) is 7.76. The largest absolute Gasteiger partial charge is 0.504 e. The lowest BCUT2D eigenvalue weighted by Gasteiger charge is -2.16. The van der Waals surface area contributed by atoms with Crippen LogP contribution in [0.1, 0.15) is 19.4 Å². The topological polar surface area (TPSA) is 145 Å². The Kier molecular flexibility index (Phi) is 7.19. The molecule has 3 N–H and O–H groups in total. The van der Waals surface area contributed by atoms with Gasteiger partial charge in [-0.1, -0.05) is 0 Å². The maximum Gasteiger partial charge on any atom is 0.332 e. The molecule has 178 valence electrons. The predicted octanol–water partition coefficient (Wildman–Crippen LogP) is 0.380. The summed E-state index contributed by atoms with van der Waals surface area (Å²) in [5.74, 6) is 0.450. The van der Waals surface area contributed by atoms with E-state index in [1.165, 1.54) is 42.6 Å². The number of phenolic OH excluding ortho intramolecular Hbond substituents is 1. The van der Waals surface area contributed by atoms with Gasteiger partial charge in [-0.25, -0.2) is 10.2 Å². The average Bonchev–Trinajstić information content (AvgIpc) is 3.14. The molecule has 1 atom stereocenters. The molecule has 0 aliphatic heterocycles. The van der Waals surface area contributed by atoms with Crippen molar-refractivity contribution in [3.05, 3.63) is 44.6 Å². The van der Waals surface area contributed by atoms with Crippen molar-refractivity contribution in [2.75, 3.05) is 19.1 Å². The van der Waals surface area contributed by atoms with Crippen LogP contribution >= 0.6 is 0 Å². The van der Waals surface area contributed by atoms with Gasteiger partial charge in [0.2, 0.25) is 5.95 Å². The Balaban J connectivity index is 2.01. The number of aromatic hydroxyl groups is 1. The molecule has 0 bridgehead atoms. The van der Waals surface area contributed by atoms with Crippen molar-refractivity contribution in [3.63, 3.8) is 0 Å². The number of hydrogen-bond acceptors (Lipinski definition) is 9. The number of rotatable bonds is 9. The summed E-state index contributed by atoms with van der Waals surface area (Å²) < 4.78 is 14.3. The van der Waals surface area contributed by atoms with Crippen LogP contribution in [0.25, 0.3) is 11.2 Å². The summed E-state index contributed by atoms with van der Waals surface area (Å²) in [7, 11) is 4.33. The smallest absolute Gasteiger partial charge is 0.332 e. The van der Waals surface area contributed by atoms with Crippen molar-refractivity contribution in [1.82, 2.24) is 18.7 Å². The highest BCUT2D eigenvalue weighted by Crippen LogP contribution is 2.25. The van der Waals surface area contributed by atoms with E-state index in [1.807, 2.05) is 13.8 Å². The molecule has 0 saturated carbocycles. The van der Waals surface area contributed by atoms with Gasteiger partial charge in [0, 0.05) is 14.1 Å². The van der Waals surface area contributed by atoms with Crippen LogP contribution in [0.5, 0.6) is 11.5 Å². The second kappa shape index (κ2) is 9.88. The normalized spacial score (nSPS) is 12.7. The lowest BCUT2D eigenvalue weighted by atomic mass is 10.2. The van der Waals surface area contributed by atoms with Crippen LogP contribution in [0, 0.1) is 0 Å². The number of nitrogens with zero attached hydrogens (tertiary/aromatic N) is 5. The molecule has 0 saturated heterocycles. The summed E-state index contributed by atoms with van der Waals surface area (Å²) in [5, 5.41) is 24.3. The minimum atomic E-state index is -0.933. The minimum absolute atomic E-state index is 0.00114. The molecule has 33 heavy (non-hydrogen) atoms. The van der Waals surface area contributed by atoms with Crippen molar-refractivity contribution in [3.8, 4) is 11.5 Å². The first kappa shape index (κ1) is 24.0. The zero-order chi connectivity index (χ0) is 24.3. The first-order valence-electron chi connectivity index (χ1n) is 10.3. The van der Waals surface area contributed by atoms with Crippen molar-refractivity contribution in [2.45, 2.75) is 32.6 Å². The van der Waals surface area contributed by atoms with Crippen molar-refractivity contribution in [2.24, 2.45) is 19.2 Å². The Hall–Kier alpha value is -3.64. The van der Waals surface area contributed by atoms with E-state index in [4.69, 9.17) is 9.47 Å². The van der Waals surface area contributed by atoms with Crippen molar-refractivity contribution >= 4 is 23.3 Å². The van der Waals surface area contributed by atoms with Gasteiger partial charge in [0.1, 0.15) is 0 Å². The number of anilines is 1. The molecule has 0 fully saturated rings. The Morgan fingerprint density at radius 3 is 2.64 bits per heavy atom. The van der Waals surface area contributed by atoms with Crippen LogP contribution in [-0.2, 0) is 25.4 Å². The molecule has 0 unspecified atom stereocenters. The van der Waals surface area contributed by atoms with Crippen LogP contribution in [0.3, 0.4) is 0 Å². The molecule has 1 aromatic carbocycles. The summed E-state index contributed by atoms with van der Waals surface area (Å²) >= 11 is 0. The number of methoxy groups -OCH3 is 1. The fraction of sp³-hybridized carbons (Fsp3) is 0.429. The zero-order valence-electron chi connectivity index (χ0n) is 19.1. The number of ether oxygens (including phenoxy) is 2. The maximum atomic E-state index is 12.9. The Morgan fingerprint density at radius 1 is 1.24 bits per heavy atom. The highest BCUT2D eigenvalue weighted by molar-refractivity contribution is 5.81. The number of nitrogens with one attached hydrogen (secondary N) is 1. The fourth-order valence-corrected chi connectivity index (χ4v) is 3.22. The summed E-state index contributed by atoms with van der Waals surface area (Å²) in [4.78, 5) is 29.6. The van der Waals surface area contributed by atoms with Gasteiger partial charge in [0.25, 0.3) is 5.56 Å². The number of aryl methyl sites for hydroxylation is 1. The number of benzene rings is 1. The predicted molar refractivity (Wildman–Crippen MR) is 123 cm³/mol. The van der Waals surface area contributed by atoms with Crippen LogP contribution in [0.15, 0.2) is 32.9 Å². The van der Waals surface area contributed by atoms with Gasteiger partial charge in [0.05, 0.1) is 38.7 Å². The van der Waals surface area contributed by atoms with E-state index in [2.05, 4.69) is 15.5 Å². The third-order valence-electron chi connectivity index (χ3n) is 4.95. The number of fused-ring (bicyclic) bond motifs is 1. The van der Waals surface area contributed by atoms with Gasteiger partial charge in [-0.3, -0.25) is 13.9 Å². The average molecular weight is 460 g/mol. The van der Waals surface area contributed by atoms with Crippen LogP contribution in [0.4, 0.5) is 5.95 Å². The lowest BCUT2D eigenvalue weighted by Crippen LogP contribution is -2.38. The van der Waals surface area contributed by atoms with E-state index in [0.717, 1.165) is 4.57 Å². The van der Waals surface area contributed by atoms with Gasteiger partial charge >= 0.3 is 5.69 Å². The molecule has 12 heteroatoms. The van der Waals surface area contributed by atoms with E-state index in [-0.39, 0.29) is 47.9 Å². The molecule has 0 radical (unpaired) electrons. The second-order valence-electron chi connectivity index (χ2n) is 7.76. The summed E-state index contributed by atoms with van der Waals surface area (Å²) in [5.41, 5.74) is 2.64.